The van der Waals surface area contributed by atoms with Crippen LogP contribution in [-0.2, 0) is 9.59 Å². The second-order valence-electron chi connectivity index (χ2n) is 4.05. The highest BCUT2D eigenvalue weighted by Gasteiger charge is 2.16. The van der Waals surface area contributed by atoms with E-state index in [1.165, 1.54) is 37.3 Å². The van der Waals surface area contributed by atoms with Crippen molar-refractivity contribution in [3.63, 3.8) is 0 Å². The minimum atomic E-state index is -0.957. The number of hydrazine groups is 1. The van der Waals surface area contributed by atoms with Gasteiger partial charge in [0.05, 0.1) is 0 Å². The molecule has 2 amide bonds. The van der Waals surface area contributed by atoms with E-state index >= 15 is 0 Å². The van der Waals surface area contributed by atoms with Gasteiger partial charge in [-0.15, -0.1) is 0 Å². The molecule has 1 unspecified atom stereocenters. The Hall–Kier alpha value is -2.63. The van der Waals surface area contributed by atoms with Gasteiger partial charge in [-0.1, -0.05) is 30.4 Å². The molecule has 0 aliphatic heterocycles. The van der Waals surface area contributed by atoms with Gasteiger partial charge in [0, 0.05) is 6.08 Å². The molecule has 0 radical (unpaired) electrons. The third-order valence-electron chi connectivity index (χ3n) is 2.37. The van der Waals surface area contributed by atoms with Crippen molar-refractivity contribution in [2.75, 3.05) is 0 Å². The van der Waals surface area contributed by atoms with Crippen molar-refractivity contribution in [3.05, 3.63) is 54.4 Å². The Bertz CT molecular complexity index is 556. The lowest BCUT2D eigenvalue weighted by atomic mass is 10.3. The van der Waals surface area contributed by atoms with Crippen LogP contribution in [-0.4, -0.2) is 17.9 Å². The van der Waals surface area contributed by atoms with Gasteiger partial charge in [0.15, 0.2) is 17.7 Å². The lowest BCUT2D eigenvalue weighted by Crippen LogP contribution is -2.46. The third-order valence-corrected chi connectivity index (χ3v) is 2.37. The summed E-state index contributed by atoms with van der Waals surface area (Å²) in [6.07, 6.45) is 5.25. The Kier molecular flexibility index (Phi) is 6.67. The number of ether oxygens (including phenoxy) is 1. The van der Waals surface area contributed by atoms with Crippen molar-refractivity contribution in [1.29, 1.82) is 0 Å². The van der Waals surface area contributed by atoms with E-state index in [1.54, 1.807) is 18.2 Å². The Balaban J connectivity index is 2.45. The molecule has 21 heavy (non-hydrogen) atoms. The number of para-hydroxylation sites is 1. The number of carbonyl (C=O) groups is 2. The first kappa shape index (κ1) is 16.4. The summed E-state index contributed by atoms with van der Waals surface area (Å²) in [4.78, 5) is 23.0. The summed E-state index contributed by atoms with van der Waals surface area (Å²) >= 11 is 0. The van der Waals surface area contributed by atoms with Crippen molar-refractivity contribution in [2.45, 2.75) is 20.0 Å². The predicted octanol–water partition coefficient (Wildman–Crippen LogP) is 1.87. The van der Waals surface area contributed by atoms with Gasteiger partial charge in [-0.3, -0.25) is 20.4 Å². The monoisotopic (exact) mass is 292 g/mol. The fraction of sp³-hybridized carbons (Fsp3) is 0.200. The lowest BCUT2D eigenvalue weighted by Gasteiger charge is -2.14. The molecule has 112 valence electrons. The van der Waals surface area contributed by atoms with Crippen LogP contribution >= 0.6 is 0 Å². The molecule has 1 atom stereocenters. The lowest BCUT2D eigenvalue weighted by molar-refractivity contribution is -0.131. The molecule has 0 aliphatic rings. The summed E-state index contributed by atoms with van der Waals surface area (Å²) in [5.41, 5.74) is 4.38. The number of nitrogens with one attached hydrogen (secondary N) is 2. The van der Waals surface area contributed by atoms with Gasteiger partial charge in [-0.25, -0.2) is 4.39 Å². The van der Waals surface area contributed by atoms with Crippen LogP contribution in [0.25, 0.3) is 0 Å². The normalized spacial score (nSPS) is 12.3. The topological polar surface area (TPSA) is 67.4 Å². The van der Waals surface area contributed by atoms with E-state index in [0.29, 0.717) is 0 Å². The Morgan fingerprint density at radius 2 is 1.95 bits per heavy atom. The SMILES string of the molecule is CC=CC=CC(=O)NNC(=O)C(C)Oc1ccccc1F. The maximum absolute atomic E-state index is 13.4. The highest BCUT2D eigenvalue weighted by atomic mass is 19.1. The Labute approximate surface area is 122 Å². The van der Waals surface area contributed by atoms with E-state index in [1.807, 2.05) is 6.92 Å². The van der Waals surface area contributed by atoms with Crippen molar-refractivity contribution in [1.82, 2.24) is 10.9 Å². The fourth-order valence-corrected chi connectivity index (χ4v) is 1.30. The molecule has 0 aromatic heterocycles. The minimum Gasteiger partial charge on any atom is -0.478 e. The van der Waals surface area contributed by atoms with Crippen LogP contribution < -0.4 is 15.6 Å². The van der Waals surface area contributed by atoms with Crippen molar-refractivity contribution >= 4 is 11.8 Å². The quantitative estimate of drug-likeness (QED) is 0.494. The van der Waals surface area contributed by atoms with Crippen LogP contribution in [0.1, 0.15) is 13.8 Å². The molecule has 0 fully saturated rings. The van der Waals surface area contributed by atoms with Gasteiger partial charge < -0.3 is 4.74 Å². The molecular weight excluding hydrogens is 275 g/mol. The summed E-state index contributed by atoms with van der Waals surface area (Å²) in [5, 5.41) is 0. The van der Waals surface area contributed by atoms with Crippen molar-refractivity contribution < 1.29 is 18.7 Å². The fourth-order valence-electron chi connectivity index (χ4n) is 1.30. The van der Waals surface area contributed by atoms with E-state index in [0.717, 1.165) is 0 Å². The molecule has 0 spiro atoms. The summed E-state index contributed by atoms with van der Waals surface area (Å²) in [6.45, 7) is 3.26. The molecule has 6 heteroatoms. The molecule has 2 N–H and O–H groups in total. The number of amides is 2. The van der Waals surface area contributed by atoms with Crippen LogP contribution in [0.15, 0.2) is 48.6 Å². The molecule has 1 aromatic rings. The summed E-state index contributed by atoms with van der Waals surface area (Å²) in [6, 6.07) is 5.76. The molecule has 0 saturated heterocycles. The third kappa shape index (κ3) is 5.90. The van der Waals surface area contributed by atoms with Crippen molar-refractivity contribution in [3.8, 4) is 5.75 Å². The highest BCUT2D eigenvalue weighted by Crippen LogP contribution is 2.16. The number of hydrogen-bond acceptors (Lipinski definition) is 3. The van der Waals surface area contributed by atoms with E-state index < -0.39 is 23.7 Å². The summed E-state index contributed by atoms with van der Waals surface area (Å²) in [5.74, 6) is -1.67. The van der Waals surface area contributed by atoms with Gasteiger partial charge in [0.1, 0.15) is 0 Å². The van der Waals surface area contributed by atoms with Crippen LogP contribution in [0.4, 0.5) is 4.39 Å². The van der Waals surface area contributed by atoms with E-state index in [2.05, 4.69) is 10.9 Å². The Morgan fingerprint density at radius 3 is 2.62 bits per heavy atom. The number of carbonyl (C=O) groups excluding carboxylic acids is 2. The molecule has 0 bridgehead atoms. The summed E-state index contributed by atoms with van der Waals surface area (Å²) in [7, 11) is 0. The highest BCUT2D eigenvalue weighted by molar-refractivity contribution is 5.90. The molecule has 1 rings (SSSR count). The van der Waals surface area contributed by atoms with Crippen LogP contribution in [0.2, 0.25) is 0 Å². The van der Waals surface area contributed by atoms with Crippen molar-refractivity contribution in [2.24, 2.45) is 0 Å². The van der Waals surface area contributed by atoms with Gasteiger partial charge in [0.2, 0.25) is 0 Å². The molecule has 0 heterocycles. The second kappa shape index (κ2) is 8.52. The molecule has 0 aliphatic carbocycles. The maximum atomic E-state index is 13.4. The van der Waals surface area contributed by atoms with Gasteiger partial charge in [0.25, 0.3) is 11.8 Å². The van der Waals surface area contributed by atoms with Gasteiger partial charge in [-0.05, 0) is 26.0 Å². The molecule has 5 nitrogen and oxygen atoms in total. The molecule has 0 saturated carbocycles. The number of hydrogen-bond donors (Lipinski definition) is 2. The first-order valence-electron chi connectivity index (χ1n) is 6.35. The number of halogens is 1. The number of rotatable bonds is 5. The van der Waals surface area contributed by atoms with Crippen LogP contribution in [0, 0.1) is 5.82 Å². The molecular formula is C15H17FN2O3. The summed E-state index contributed by atoms with van der Waals surface area (Å²) < 4.78 is 18.5. The average molecular weight is 292 g/mol. The van der Waals surface area contributed by atoms with E-state index in [4.69, 9.17) is 4.74 Å². The van der Waals surface area contributed by atoms with Crippen LogP contribution in [0.3, 0.4) is 0 Å². The van der Waals surface area contributed by atoms with Gasteiger partial charge >= 0.3 is 0 Å². The Morgan fingerprint density at radius 1 is 1.24 bits per heavy atom. The second-order valence-corrected chi connectivity index (χ2v) is 4.05. The zero-order valence-electron chi connectivity index (χ0n) is 11.8. The maximum Gasteiger partial charge on any atom is 0.279 e. The standard InChI is InChI=1S/C15H17FN2O3/c1-3-4-5-10-14(19)17-18-15(20)11(2)21-13-9-7-6-8-12(13)16/h3-11H,1-2H3,(H,17,19)(H,18,20). The van der Waals surface area contributed by atoms with Crippen LogP contribution in [0.5, 0.6) is 5.75 Å². The zero-order valence-corrected chi connectivity index (χ0v) is 11.8. The average Bonchev–Trinajstić information content (AvgIpc) is 2.47. The predicted molar refractivity (Wildman–Crippen MR) is 76.7 cm³/mol. The molecule has 1 aromatic carbocycles. The minimum absolute atomic E-state index is 0.0283. The first-order chi connectivity index (χ1) is 10.0. The van der Waals surface area contributed by atoms with E-state index in [9.17, 15) is 14.0 Å². The largest absolute Gasteiger partial charge is 0.478 e. The van der Waals surface area contributed by atoms with E-state index in [-0.39, 0.29) is 5.75 Å². The smallest absolute Gasteiger partial charge is 0.279 e. The number of benzene rings is 1. The first-order valence-corrected chi connectivity index (χ1v) is 6.35. The van der Waals surface area contributed by atoms with Gasteiger partial charge in [-0.2, -0.15) is 0 Å². The number of allylic oxidation sites excluding steroid dienone is 3. The zero-order chi connectivity index (χ0) is 15.7.